The third kappa shape index (κ3) is 4.01. The number of aliphatic hydroxyl groups excluding tert-OH is 1. The summed E-state index contributed by atoms with van der Waals surface area (Å²) in [5.74, 6) is -0.694. The number of hydrogen-bond acceptors (Lipinski definition) is 6. The van der Waals surface area contributed by atoms with E-state index in [1.54, 1.807) is 6.92 Å². The first-order chi connectivity index (χ1) is 8.40. The van der Waals surface area contributed by atoms with Gasteiger partial charge in [0.2, 0.25) is 5.89 Å². The van der Waals surface area contributed by atoms with Gasteiger partial charge in [0.05, 0.1) is 12.6 Å². The van der Waals surface area contributed by atoms with Crippen molar-refractivity contribution < 1.29 is 24.3 Å². The average Bonchev–Trinajstić information content (AvgIpc) is 2.68. The summed E-state index contributed by atoms with van der Waals surface area (Å²) in [6, 6.07) is -2.13. The number of carboxylic acid groups (broad SMARTS) is 1. The third-order valence-corrected chi connectivity index (χ3v) is 2.00. The van der Waals surface area contributed by atoms with E-state index in [1.165, 1.54) is 6.92 Å². The first-order valence-corrected chi connectivity index (χ1v) is 5.14. The van der Waals surface area contributed by atoms with Crippen LogP contribution in [-0.4, -0.2) is 44.5 Å². The summed E-state index contributed by atoms with van der Waals surface area (Å²) in [5, 5.41) is 25.8. The average molecular weight is 258 g/mol. The normalized spacial score (nSPS) is 13.7. The van der Waals surface area contributed by atoms with Gasteiger partial charge in [0, 0.05) is 0 Å². The van der Waals surface area contributed by atoms with Gasteiger partial charge >= 0.3 is 12.0 Å². The molecule has 2 atom stereocenters. The molecule has 9 nitrogen and oxygen atoms in total. The molecule has 2 amide bonds. The van der Waals surface area contributed by atoms with Crippen LogP contribution in [0.15, 0.2) is 4.52 Å². The number of urea groups is 1. The molecule has 1 aromatic heterocycles. The van der Waals surface area contributed by atoms with Crippen molar-refractivity contribution in [2.45, 2.75) is 32.5 Å². The number of aliphatic hydroxyl groups is 1. The van der Waals surface area contributed by atoms with E-state index in [9.17, 15) is 9.59 Å². The van der Waals surface area contributed by atoms with Crippen molar-refractivity contribution in [2.75, 3.05) is 0 Å². The zero-order valence-corrected chi connectivity index (χ0v) is 9.88. The Hall–Kier alpha value is -2.16. The van der Waals surface area contributed by atoms with Gasteiger partial charge in [-0.25, -0.2) is 9.59 Å². The van der Waals surface area contributed by atoms with Crippen LogP contribution in [0.4, 0.5) is 4.79 Å². The summed E-state index contributed by atoms with van der Waals surface area (Å²) in [6.07, 6.45) is -1.21. The minimum Gasteiger partial charge on any atom is -0.480 e. The zero-order chi connectivity index (χ0) is 13.7. The SMILES string of the molecule is Cc1noc(CNC(=O)N[C@H](C(=O)O)[C@@H](C)O)n1. The van der Waals surface area contributed by atoms with Crippen molar-refractivity contribution in [3.05, 3.63) is 11.7 Å². The predicted molar refractivity (Wildman–Crippen MR) is 57.5 cm³/mol. The molecule has 9 heteroatoms. The number of aromatic nitrogens is 2. The lowest BCUT2D eigenvalue weighted by Crippen LogP contribution is -2.51. The van der Waals surface area contributed by atoms with Crippen molar-refractivity contribution >= 4 is 12.0 Å². The van der Waals surface area contributed by atoms with Crippen LogP contribution in [0.25, 0.3) is 0 Å². The second-order valence-corrected chi connectivity index (χ2v) is 3.62. The number of carbonyl (C=O) groups excluding carboxylic acids is 1. The van der Waals surface area contributed by atoms with Gasteiger partial charge in [-0.15, -0.1) is 0 Å². The highest BCUT2D eigenvalue weighted by molar-refractivity contribution is 5.82. The molecular formula is C9H14N4O5. The van der Waals surface area contributed by atoms with E-state index in [0.717, 1.165) is 0 Å². The maximum absolute atomic E-state index is 11.4. The van der Waals surface area contributed by atoms with Gasteiger partial charge in [-0.05, 0) is 13.8 Å². The minimum absolute atomic E-state index is 0.0289. The van der Waals surface area contributed by atoms with Crippen LogP contribution in [0.3, 0.4) is 0 Å². The molecule has 0 saturated heterocycles. The highest BCUT2D eigenvalue weighted by Gasteiger charge is 2.24. The van der Waals surface area contributed by atoms with Gasteiger partial charge in [0.25, 0.3) is 0 Å². The van der Waals surface area contributed by atoms with Crippen LogP contribution in [0.1, 0.15) is 18.6 Å². The zero-order valence-electron chi connectivity index (χ0n) is 9.88. The molecule has 0 fully saturated rings. The number of carboxylic acids is 1. The molecule has 4 N–H and O–H groups in total. The Labute approximate surface area is 102 Å². The fraction of sp³-hybridized carbons (Fsp3) is 0.556. The summed E-state index contributed by atoms with van der Waals surface area (Å²) in [4.78, 5) is 25.9. The summed E-state index contributed by atoms with van der Waals surface area (Å²) in [7, 11) is 0. The van der Waals surface area contributed by atoms with E-state index < -0.39 is 24.1 Å². The van der Waals surface area contributed by atoms with E-state index in [-0.39, 0.29) is 12.4 Å². The van der Waals surface area contributed by atoms with Crippen LogP contribution < -0.4 is 10.6 Å². The standard InChI is InChI=1S/C9H14N4O5/c1-4(14)7(8(15)16)12-9(17)10-3-6-11-5(2)13-18-6/h4,7,14H,3H2,1-2H3,(H,15,16)(H2,10,12,17)/t4-,7+/m1/s1. The maximum Gasteiger partial charge on any atom is 0.328 e. The Morgan fingerprint density at radius 1 is 1.50 bits per heavy atom. The molecule has 0 aromatic carbocycles. The topological polar surface area (TPSA) is 138 Å². The van der Waals surface area contributed by atoms with Crippen molar-refractivity contribution in [1.82, 2.24) is 20.8 Å². The Bertz CT molecular complexity index is 430. The Morgan fingerprint density at radius 3 is 2.61 bits per heavy atom. The molecule has 1 heterocycles. The molecule has 1 rings (SSSR count). The van der Waals surface area contributed by atoms with Crippen molar-refractivity contribution in [1.29, 1.82) is 0 Å². The Morgan fingerprint density at radius 2 is 2.17 bits per heavy atom. The third-order valence-electron chi connectivity index (χ3n) is 2.00. The summed E-state index contributed by atoms with van der Waals surface area (Å²) in [5.41, 5.74) is 0. The Kier molecular flexibility index (Phi) is 4.60. The van der Waals surface area contributed by atoms with Crippen LogP contribution >= 0.6 is 0 Å². The lowest BCUT2D eigenvalue weighted by atomic mass is 10.2. The molecule has 0 aliphatic carbocycles. The number of amides is 2. The molecular weight excluding hydrogens is 244 g/mol. The molecule has 18 heavy (non-hydrogen) atoms. The lowest BCUT2D eigenvalue weighted by molar-refractivity contribution is -0.141. The molecule has 100 valence electrons. The molecule has 0 saturated carbocycles. The van der Waals surface area contributed by atoms with E-state index in [1.807, 2.05) is 0 Å². The number of nitrogens with zero attached hydrogens (tertiary/aromatic N) is 2. The summed E-state index contributed by atoms with van der Waals surface area (Å²) < 4.78 is 4.75. The molecule has 0 aliphatic rings. The van der Waals surface area contributed by atoms with Gasteiger partial charge < -0.3 is 25.4 Å². The Balaban J connectivity index is 2.43. The first-order valence-electron chi connectivity index (χ1n) is 5.14. The van der Waals surface area contributed by atoms with E-state index in [4.69, 9.17) is 14.7 Å². The molecule has 0 radical (unpaired) electrons. The first kappa shape index (κ1) is 13.9. The molecule has 0 unspecified atom stereocenters. The fourth-order valence-electron chi connectivity index (χ4n) is 1.15. The quantitative estimate of drug-likeness (QED) is 0.532. The predicted octanol–water partition coefficient (Wildman–Crippen LogP) is -0.989. The summed E-state index contributed by atoms with van der Waals surface area (Å²) in [6.45, 7) is 2.86. The van der Waals surface area contributed by atoms with Gasteiger partial charge in [-0.3, -0.25) is 0 Å². The highest BCUT2D eigenvalue weighted by Crippen LogP contribution is 1.96. The van der Waals surface area contributed by atoms with Crippen molar-refractivity contribution in [3.8, 4) is 0 Å². The van der Waals surface area contributed by atoms with E-state index in [0.29, 0.717) is 5.82 Å². The van der Waals surface area contributed by atoms with Crippen LogP contribution in [0, 0.1) is 6.92 Å². The number of nitrogens with one attached hydrogen (secondary N) is 2. The van der Waals surface area contributed by atoms with Gasteiger partial charge in [-0.1, -0.05) is 5.16 Å². The highest BCUT2D eigenvalue weighted by atomic mass is 16.5. The van der Waals surface area contributed by atoms with Crippen LogP contribution in [0.5, 0.6) is 0 Å². The van der Waals surface area contributed by atoms with E-state index >= 15 is 0 Å². The van der Waals surface area contributed by atoms with Gasteiger partial charge in [0.15, 0.2) is 11.9 Å². The van der Waals surface area contributed by atoms with Crippen LogP contribution in [-0.2, 0) is 11.3 Å². The van der Waals surface area contributed by atoms with Gasteiger partial charge in [-0.2, -0.15) is 4.98 Å². The summed E-state index contributed by atoms with van der Waals surface area (Å²) >= 11 is 0. The fourth-order valence-corrected chi connectivity index (χ4v) is 1.15. The second kappa shape index (κ2) is 5.96. The molecule has 0 bridgehead atoms. The maximum atomic E-state index is 11.4. The number of aliphatic carboxylic acids is 1. The van der Waals surface area contributed by atoms with Crippen molar-refractivity contribution in [2.24, 2.45) is 0 Å². The number of rotatable bonds is 5. The number of aryl methyl sites for hydroxylation is 1. The van der Waals surface area contributed by atoms with E-state index in [2.05, 4.69) is 20.8 Å². The molecule has 0 aliphatic heterocycles. The number of hydrogen-bond donors (Lipinski definition) is 4. The molecule has 0 spiro atoms. The number of carbonyl (C=O) groups is 2. The largest absolute Gasteiger partial charge is 0.480 e. The van der Waals surface area contributed by atoms with Crippen molar-refractivity contribution in [3.63, 3.8) is 0 Å². The molecule has 1 aromatic rings. The smallest absolute Gasteiger partial charge is 0.328 e. The minimum atomic E-state index is -1.38. The lowest BCUT2D eigenvalue weighted by Gasteiger charge is -2.16. The van der Waals surface area contributed by atoms with Gasteiger partial charge in [0.1, 0.15) is 0 Å². The monoisotopic (exact) mass is 258 g/mol. The second-order valence-electron chi connectivity index (χ2n) is 3.62. The van der Waals surface area contributed by atoms with Crippen LogP contribution in [0.2, 0.25) is 0 Å².